The highest BCUT2D eigenvalue weighted by atomic mass is 16.5. The number of benzene rings is 2. The Balaban J connectivity index is 1.74. The highest BCUT2D eigenvalue weighted by Crippen LogP contribution is 2.38. The van der Waals surface area contributed by atoms with Gasteiger partial charge < -0.3 is 18.9 Å². The van der Waals surface area contributed by atoms with Gasteiger partial charge in [-0.15, -0.1) is 0 Å². The lowest BCUT2D eigenvalue weighted by Gasteiger charge is -2.37. The normalized spacial score (nSPS) is 16.0. The molecular formula is C26H30N2O3. The number of rotatable bonds is 4. The van der Waals surface area contributed by atoms with Crippen molar-refractivity contribution in [3.63, 3.8) is 0 Å². The number of hydrogen-bond acceptors (Lipinski definition) is 3. The summed E-state index contributed by atoms with van der Waals surface area (Å²) in [4.78, 5) is 15.6. The molecule has 1 unspecified atom stereocenters. The number of carbonyl (C=O) groups excluding carboxylic acids is 1. The molecular weight excluding hydrogens is 388 g/mol. The van der Waals surface area contributed by atoms with Crippen LogP contribution in [0.5, 0.6) is 11.5 Å². The summed E-state index contributed by atoms with van der Waals surface area (Å²) >= 11 is 0. The van der Waals surface area contributed by atoms with Crippen molar-refractivity contribution in [2.75, 3.05) is 20.8 Å². The van der Waals surface area contributed by atoms with Crippen LogP contribution in [0.1, 0.15) is 54.0 Å². The first kappa shape index (κ1) is 21.0. The molecule has 0 radical (unpaired) electrons. The van der Waals surface area contributed by atoms with Crippen molar-refractivity contribution < 1.29 is 14.3 Å². The smallest absolute Gasteiger partial charge is 0.254 e. The third-order valence-corrected chi connectivity index (χ3v) is 6.02. The van der Waals surface area contributed by atoms with Gasteiger partial charge in [0.25, 0.3) is 5.91 Å². The van der Waals surface area contributed by atoms with E-state index in [1.165, 1.54) is 5.56 Å². The minimum Gasteiger partial charge on any atom is -0.493 e. The summed E-state index contributed by atoms with van der Waals surface area (Å²) in [5.41, 5.74) is 4.07. The number of methoxy groups -OCH3 is 2. The highest BCUT2D eigenvalue weighted by molar-refractivity contribution is 5.95. The number of amides is 1. The molecule has 3 aromatic rings. The zero-order chi connectivity index (χ0) is 22.2. The maximum atomic E-state index is 13.6. The van der Waals surface area contributed by atoms with Crippen molar-refractivity contribution in [1.82, 2.24) is 9.47 Å². The molecule has 5 nitrogen and oxygen atoms in total. The van der Waals surface area contributed by atoms with Crippen LogP contribution >= 0.6 is 0 Å². The molecule has 4 rings (SSSR count). The van der Waals surface area contributed by atoms with E-state index in [2.05, 4.69) is 49.7 Å². The van der Waals surface area contributed by atoms with Crippen LogP contribution in [0.3, 0.4) is 0 Å². The summed E-state index contributed by atoms with van der Waals surface area (Å²) < 4.78 is 13.1. The number of aromatic nitrogens is 1. The van der Waals surface area contributed by atoms with E-state index < -0.39 is 0 Å². The second-order valence-corrected chi connectivity index (χ2v) is 8.97. The Kier molecular flexibility index (Phi) is 5.52. The van der Waals surface area contributed by atoms with Gasteiger partial charge in [0.2, 0.25) is 0 Å². The summed E-state index contributed by atoms with van der Waals surface area (Å²) in [6, 6.07) is 17.8. The van der Waals surface area contributed by atoms with Crippen LogP contribution in [0.25, 0.3) is 0 Å². The number of carbonyl (C=O) groups is 1. The Morgan fingerprint density at radius 3 is 2.29 bits per heavy atom. The Morgan fingerprint density at radius 2 is 1.65 bits per heavy atom. The minimum absolute atomic E-state index is 0.0349. The van der Waals surface area contributed by atoms with Crippen molar-refractivity contribution >= 4 is 5.91 Å². The predicted octanol–water partition coefficient (Wildman–Crippen LogP) is 5.05. The van der Waals surface area contributed by atoms with E-state index in [1.54, 1.807) is 14.2 Å². The van der Waals surface area contributed by atoms with Crippen molar-refractivity contribution in [2.45, 2.75) is 38.8 Å². The third kappa shape index (κ3) is 3.92. The topological polar surface area (TPSA) is 43.7 Å². The number of ether oxygens (including phenoxy) is 2. The van der Waals surface area contributed by atoms with Crippen LogP contribution in [0.15, 0.2) is 60.8 Å². The number of nitrogens with zero attached hydrogens (tertiary/aromatic N) is 2. The molecule has 2 heterocycles. The fourth-order valence-corrected chi connectivity index (χ4v) is 4.25. The molecule has 5 heteroatoms. The monoisotopic (exact) mass is 418 g/mol. The second kappa shape index (κ2) is 8.14. The molecule has 162 valence electrons. The van der Waals surface area contributed by atoms with Gasteiger partial charge in [0, 0.05) is 30.5 Å². The standard InChI is InChI=1S/C26H30N2O3/c1-26(2,3)20-11-8-18(9-12-20)25(29)28-16-15-27-14-6-7-21(27)24(28)19-10-13-22(30-4)23(17-19)31-5/h6-14,17,24H,15-16H2,1-5H3. The van der Waals surface area contributed by atoms with Crippen LogP contribution < -0.4 is 9.47 Å². The van der Waals surface area contributed by atoms with Crippen LogP contribution in [0.2, 0.25) is 0 Å². The van der Waals surface area contributed by atoms with E-state index in [0.29, 0.717) is 23.6 Å². The van der Waals surface area contributed by atoms with Gasteiger partial charge in [-0.1, -0.05) is 39.0 Å². The Bertz CT molecular complexity index is 1080. The largest absolute Gasteiger partial charge is 0.493 e. The van der Waals surface area contributed by atoms with E-state index in [4.69, 9.17) is 9.47 Å². The molecule has 1 aliphatic rings. The fourth-order valence-electron chi connectivity index (χ4n) is 4.25. The van der Waals surface area contributed by atoms with Crippen LogP contribution in [-0.2, 0) is 12.0 Å². The molecule has 1 atom stereocenters. The first-order chi connectivity index (χ1) is 14.8. The fraction of sp³-hybridized carbons (Fsp3) is 0.346. The molecule has 1 aromatic heterocycles. The Morgan fingerprint density at radius 1 is 0.935 bits per heavy atom. The van der Waals surface area contributed by atoms with Gasteiger partial charge in [-0.3, -0.25) is 4.79 Å². The van der Waals surface area contributed by atoms with Crippen LogP contribution in [0, 0.1) is 0 Å². The van der Waals surface area contributed by atoms with E-state index in [1.807, 2.05) is 41.3 Å². The molecule has 0 aliphatic carbocycles. The van der Waals surface area contributed by atoms with Gasteiger partial charge in [-0.2, -0.15) is 0 Å². The summed E-state index contributed by atoms with van der Waals surface area (Å²) in [6.07, 6.45) is 2.07. The molecule has 0 saturated heterocycles. The summed E-state index contributed by atoms with van der Waals surface area (Å²) in [5, 5.41) is 0. The van der Waals surface area contributed by atoms with Crippen molar-refractivity contribution in [3.05, 3.63) is 83.2 Å². The van der Waals surface area contributed by atoms with Gasteiger partial charge >= 0.3 is 0 Å². The molecule has 0 N–H and O–H groups in total. The maximum absolute atomic E-state index is 13.6. The zero-order valence-corrected chi connectivity index (χ0v) is 18.9. The van der Waals surface area contributed by atoms with Crippen LogP contribution in [-0.4, -0.2) is 36.1 Å². The molecule has 0 saturated carbocycles. The van der Waals surface area contributed by atoms with Crippen molar-refractivity contribution in [2.24, 2.45) is 0 Å². The first-order valence-corrected chi connectivity index (χ1v) is 10.6. The predicted molar refractivity (Wildman–Crippen MR) is 122 cm³/mol. The average molecular weight is 419 g/mol. The quantitative estimate of drug-likeness (QED) is 0.596. The molecule has 2 aromatic carbocycles. The highest BCUT2D eigenvalue weighted by Gasteiger charge is 2.33. The lowest BCUT2D eigenvalue weighted by molar-refractivity contribution is 0.0663. The minimum atomic E-state index is -0.196. The van der Waals surface area contributed by atoms with Crippen molar-refractivity contribution in [1.29, 1.82) is 0 Å². The number of fused-ring (bicyclic) bond motifs is 1. The van der Waals surface area contributed by atoms with E-state index >= 15 is 0 Å². The molecule has 1 aliphatic heterocycles. The van der Waals surface area contributed by atoms with E-state index in [0.717, 1.165) is 17.8 Å². The molecule has 0 fully saturated rings. The van der Waals surface area contributed by atoms with Gasteiger partial charge in [-0.25, -0.2) is 0 Å². The zero-order valence-electron chi connectivity index (χ0n) is 18.9. The molecule has 1 amide bonds. The van der Waals surface area contributed by atoms with Gasteiger partial charge in [0.15, 0.2) is 11.5 Å². The van der Waals surface area contributed by atoms with Crippen molar-refractivity contribution in [3.8, 4) is 11.5 Å². The van der Waals surface area contributed by atoms with Gasteiger partial charge in [0.05, 0.1) is 20.3 Å². The lowest BCUT2D eigenvalue weighted by atomic mass is 9.86. The van der Waals surface area contributed by atoms with Gasteiger partial charge in [0.1, 0.15) is 0 Å². The lowest BCUT2D eigenvalue weighted by Crippen LogP contribution is -2.42. The van der Waals surface area contributed by atoms with Crippen LogP contribution in [0.4, 0.5) is 0 Å². The van der Waals surface area contributed by atoms with E-state index in [-0.39, 0.29) is 17.4 Å². The third-order valence-electron chi connectivity index (χ3n) is 6.02. The SMILES string of the molecule is COc1ccc(C2c3cccn3CCN2C(=O)c2ccc(C(C)(C)C)cc2)cc1OC. The molecule has 0 bridgehead atoms. The maximum Gasteiger partial charge on any atom is 0.254 e. The summed E-state index contributed by atoms with van der Waals surface area (Å²) in [7, 11) is 3.26. The second-order valence-electron chi connectivity index (χ2n) is 8.97. The molecule has 0 spiro atoms. The van der Waals surface area contributed by atoms with E-state index in [9.17, 15) is 4.79 Å². The number of hydrogen-bond donors (Lipinski definition) is 0. The Hall–Kier alpha value is -3.21. The first-order valence-electron chi connectivity index (χ1n) is 10.6. The summed E-state index contributed by atoms with van der Waals surface area (Å²) in [6.45, 7) is 7.94. The van der Waals surface area contributed by atoms with Gasteiger partial charge in [-0.05, 0) is 52.9 Å². The average Bonchev–Trinajstić information content (AvgIpc) is 3.26. The molecule has 31 heavy (non-hydrogen) atoms. The Labute approximate surface area is 184 Å². The summed E-state index contributed by atoms with van der Waals surface area (Å²) in [5.74, 6) is 1.37.